The molecule has 1 saturated heterocycles. The van der Waals surface area contributed by atoms with E-state index in [2.05, 4.69) is 6.58 Å². The third kappa shape index (κ3) is 5.58. The van der Waals surface area contributed by atoms with Crippen molar-refractivity contribution in [2.75, 3.05) is 13.7 Å². The van der Waals surface area contributed by atoms with Crippen molar-refractivity contribution in [1.29, 1.82) is 0 Å². The standard InChI is InChI=1S/C24H26O7/c1-4-15-28-24-21(31-23(26)18-13-9-6-10-14-18)20(19(27-3)16(2)29-24)30-22(25)17-11-7-5-8-12-17/h4-14,16,19-21,24H,1,15H2,2-3H3/t16-,19-,20+,21+,24+/m0/s1. The fourth-order valence-electron chi connectivity index (χ4n) is 3.39. The van der Waals surface area contributed by atoms with Crippen LogP contribution in [0.15, 0.2) is 73.3 Å². The van der Waals surface area contributed by atoms with Crippen molar-refractivity contribution < 1.29 is 33.3 Å². The first-order valence-electron chi connectivity index (χ1n) is 9.98. The summed E-state index contributed by atoms with van der Waals surface area (Å²) in [4.78, 5) is 25.6. The van der Waals surface area contributed by atoms with Gasteiger partial charge in [0.05, 0.1) is 23.8 Å². The van der Waals surface area contributed by atoms with E-state index in [-0.39, 0.29) is 6.61 Å². The topological polar surface area (TPSA) is 80.3 Å². The lowest BCUT2D eigenvalue weighted by molar-refractivity contribution is -0.292. The second-order valence-electron chi connectivity index (χ2n) is 7.00. The van der Waals surface area contributed by atoms with Crippen molar-refractivity contribution in [3.05, 3.63) is 84.4 Å². The molecular weight excluding hydrogens is 400 g/mol. The summed E-state index contributed by atoms with van der Waals surface area (Å²) in [5, 5.41) is 0. The Kier molecular flexibility index (Phi) is 7.94. The predicted molar refractivity (Wildman–Crippen MR) is 113 cm³/mol. The number of hydrogen-bond donors (Lipinski definition) is 0. The molecule has 0 N–H and O–H groups in total. The Morgan fingerprint density at radius 1 is 0.903 bits per heavy atom. The zero-order valence-electron chi connectivity index (χ0n) is 17.5. The van der Waals surface area contributed by atoms with E-state index in [0.717, 1.165) is 0 Å². The lowest BCUT2D eigenvalue weighted by atomic mass is 9.98. The van der Waals surface area contributed by atoms with Gasteiger partial charge in [-0.3, -0.25) is 0 Å². The largest absolute Gasteiger partial charge is 0.452 e. The Hall–Kier alpha value is -3.00. The molecule has 0 aliphatic carbocycles. The van der Waals surface area contributed by atoms with E-state index in [4.69, 9.17) is 23.7 Å². The van der Waals surface area contributed by atoms with Gasteiger partial charge < -0.3 is 23.7 Å². The van der Waals surface area contributed by atoms with Crippen molar-refractivity contribution in [3.63, 3.8) is 0 Å². The average molecular weight is 426 g/mol. The second-order valence-corrected chi connectivity index (χ2v) is 7.00. The van der Waals surface area contributed by atoms with E-state index >= 15 is 0 Å². The van der Waals surface area contributed by atoms with Gasteiger partial charge in [0, 0.05) is 7.11 Å². The third-order valence-electron chi connectivity index (χ3n) is 4.88. The highest BCUT2D eigenvalue weighted by Gasteiger charge is 2.50. The van der Waals surface area contributed by atoms with Crippen LogP contribution >= 0.6 is 0 Å². The summed E-state index contributed by atoms with van der Waals surface area (Å²) in [7, 11) is 1.48. The highest BCUT2D eigenvalue weighted by molar-refractivity contribution is 5.90. The summed E-state index contributed by atoms with van der Waals surface area (Å²) >= 11 is 0. The van der Waals surface area contributed by atoms with Crippen LogP contribution in [0.4, 0.5) is 0 Å². The molecule has 2 aromatic rings. The van der Waals surface area contributed by atoms with Gasteiger partial charge in [-0.25, -0.2) is 9.59 Å². The molecule has 1 aliphatic heterocycles. The maximum atomic E-state index is 12.8. The highest BCUT2D eigenvalue weighted by Crippen LogP contribution is 2.30. The van der Waals surface area contributed by atoms with Gasteiger partial charge in [0.1, 0.15) is 6.10 Å². The van der Waals surface area contributed by atoms with Gasteiger partial charge in [-0.1, -0.05) is 42.5 Å². The van der Waals surface area contributed by atoms with Crippen LogP contribution in [0, 0.1) is 0 Å². The van der Waals surface area contributed by atoms with Gasteiger partial charge >= 0.3 is 11.9 Å². The van der Waals surface area contributed by atoms with Crippen molar-refractivity contribution in [2.45, 2.75) is 37.6 Å². The van der Waals surface area contributed by atoms with Crippen LogP contribution in [0.25, 0.3) is 0 Å². The van der Waals surface area contributed by atoms with Gasteiger partial charge in [-0.15, -0.1) is 6.58 Å². The molecule has 3 rings (SSSR count). The monoisotopic (exact) mass is 426 g/mol. The van der Waals surface area contributed by atoms with Crippen molar-refractivity contribution in [1.82, 2.24) is 0 Å². The number of benzene rings is 2. The fraction of sp³-hybridized carbons (Fsp3) is 0.333. The van der Waals surface area contributed by atoms with E-state index in [0.29, 0.717) is 11.1 Å². The molecular formula is C24H26O7. The Morgan fingerprint density at radius 3 is 1.90 bits per heavy atom. The minimum absolute atomic E-state index is 0.160. The molecule has 0 radical (unpaired) electrons. The second kappa shape index (κ2) is 10.9. The summed E-state index contributed by atoms with van der Waals surface area (Å²) in [6.45, 7) is 5.57. The molecule has 1 aliphatic rings. The summed E-state index contributed by atoms with van der Waals surface area (Å²) in [6.07, 6.45) is -2.59. The van der Waals surface area contributed by atoms with Gasteiger partial charge in [0.15, 0.2) is 18.5 Å². The number of rotatable bonds is 8. The number of carbonyl (C=O) groups is 2. The van der Waals surface area contributed by atoms with Gasteiger partial charge in [0.25, 0.3) is 0 Å². The number of carbonyl (C=O) groups excluding carboxylic acids is 2. The molecule has 0 amide bonds. The zero-order valence-corrected chi connectivity index (χ0v) is 17.5. The van der Waals surface area contributed by atoms with Gasteiger partial charge in [-0.2, -0.15) is 0 Å². The van der Waals surface area contributed by atoms with Crippen molar-refractivity contribution >= 4 is 11.9 Å². The molecule has 0 saturated carbocycles. The molecule has 31 heavy (non-hydrogen) atoms. The zero-order chi connectivity index (χ0) is 22.2. The van der Waals surface area contributed by atoms with E-state index in [9.17, 15) is 9.59 Å². The van der Waals surface area contributed by atoms with Crippen LogP contribution in [0.1, 0.15) is 27.6 Å². The molecule has 0 spiro atoms. The molecule has 0 aromatic heterocycles. The third-order valence-corrected chi connectivity index (χ3v) is 4.88. The molecule has 0 bridgehead atoms. The summed E-state index contributed by atoms with van der Waals surface area (Å²) in [6, 6.07) is 17.1. The lowest BCUT2D eigenvalue weighted by Gasteiger charge is -2.43. The lowest BCUT2D eigenvalue weighted by Crippen LogP contribution is -2.60. The number of hydrogen-bond acceptors (Lipinski definition) is 7. The summed E-state index contributed by atoms with van der Waals surface area (Å²) < 4.78 is 28.7. The first-order chi connectivity index (χ1) is 15.0. The molecule has 7 heteroatoms. The first kappa shape index (κ1) is 22.7. The maximum Gasteiger partial charge on any atom is 0.338 e. The molecule has 2 aromatic carbocycles. The van der Waals surface area contributed by atoms with E-state index in [1.807, 2.05) is 0 Å². The molecule has 164 valence electrons. The SMILES string of the molecule is C=CCO[C@@H]1O[C@@H](C)[C@H](OC)[C@@H](OC(=O)c2ccccc2)[C@H]1OC(=O)c1ccccc1. The smallest absolute Gasteiger partial charge is 0.338 e. The van der Waals surface area contributed by atoms with E-state index < -0.39 is 42.6 Å². The van der Waals surface area contributed by atoms with E-state index in [1.165, 1.54) is 7.11 Å². The number of esters is 2. The predicted octanol–water partition coefficient (Wildman–Crippen LogP) is 3.40. The van der Waals surface area contributed by atoms with Crippen LogP contribution < -0.4 is 0 Å². The highest BCUT2D eigenvalue weighted by atomic mass is 16.7. The number of methoxy groups -OCH3 is 1. The minimum atomic E-state index is -1.05. The first-order valence-corrected chi connectivity index (χ1v) is 9.98. The van der Waals surface area contributed by atoms with Crippen LogP contribution in [0.5, 0.6) is 0 Å². The van der Waals surface area contributed by atoms with Crippen molar-refractivity contribution in [2.24, 2.45) is 0 Å². The van der Waals surface area contributed by atoms with Crippen LogP contribution in [0.3, 0.4) is 0 Å². The Labute approximate surface area is 181 Å². The van der Waals surface area contributed by atoms with E-state index in [1.54, 1.807) is 73.7 Å². The van der Waals surface area contributed by atoms with Crippen LogP contribution in [-0.2, 0) is 23.7 Å². The van der Waals surface area contributed by atoms with Crippen LogP contribution in [0.2, 0.25) is 0 Å². The molecule has 1 heterocycles. The minimum Gasteiger partial charge on any atom is -0.452 e. The number of ether oxygens (including phenoxy) is 5. The Bertz CT molecular complexity index is 868. The molecule has 7 nitrogen and oxygen atoms in total. The molecule has 0 unspecified atom stereocenters. The van der Waals surface area contributed by atoms with Crippen LogP contribution in [-0.4, -0.2) is 56.4 Å². The van der Waals surface area contributed by atoms with Gasteiger partial charge in [-0.05, 0) is 31.2 Å². The summed E-state index contributed by atoms with van der Waals surface area (Å²) in [5.74, 6) is -1.16. The fourth-order valence-corrected chi connectivity index (χ4v) is 3.39. The van der Waals surface area contributed by atoms with Crippen molar-refractivity contribution in [3.8, 4) is 0 Å². The average Bonchev–Trinajstić information content (AvgIpc) is 2.80. The Morgan fingerprint density at radius 2 is 1.42 bits per heavy atom. The van der Waals surface area contributed by atoms with Gasteiger partial charge in [0.2, 0.25) is 0 Å². The summed E-state index contributed by atoms with van der Waals surface area (Å²) in [5.41, 5.74) is 0.721. The molecule has 5 atom stereocenters. The normalized spacial score (nSPS) is 25.4. The quantitative estimate of drug-likeness (QED) is 0.473. The molecule has 1 fully saturated rings. The Balaban J connectivity index is 1.89. The maximum absolute atomic E-state index is 12.8.